The highest BCUT2D eigenvalue weighted by molar-refractivity contribution is 5.75. The van der Waals surface area contributed by atoms with Crippen LogP contribution in [0.15, 0.2) is 24.3 Å². The standard InChI is InChI=1S/C18H28O2/c1-7-15(13(2)3)16-11-9-8-10-14(16)12-20-17(19)18(4,5)6/h8-11,13,15H,7,12H2,1-6H3. The number of ether oxygens (including phenoxy) is 1. The molecule has 0 bridgehead atoms. The Bertz CT molecular complexity index is 441. The fourth-order valence-corrected chi connectivity index (χ4v) is 2.44. The molecule has 0 spiro atoms. The fraction of sp³-hybridized carbons (Fsp3) is 0.611. The summed E-state index contributed by atoms with van der Waals surface area (Å²) in [4.78, 5) is 11.9. The summed E-state index contributed by atoms with van der Waals surface area (Å²) in [5.41, 5.74) is 1.99. The van der Waals surface area contributed by atoms with Crippen LogP contribution >= 0.6 is 0 Å². The monoisotopic (exact) mass is 276 g/mol. The van der Waals surface area contributed by atoms with Gasteiger partial charge in [0.1, 0.15) is 6.61 Å². The lowest BCUT2D eigenvalue weighted by atomic mass is 9.84. The third-order valence-corrected chi connectivity index (χ3v) is 3.67. The van der Waals surface area contributed by atoms with E-state index in [2.05, 4.69) is 39.0 Å². The lowest BCUT2D eigenvalue weighted by molar-refractivity contribution is -0.154. The first kappa shape index (κ1) is 16.7. The summed E-state index contributed by atoms with van der Waals surface area (Å²) in [5.74, 6) is 0.948. The average Bonchev–Trinajstić information content (AvgIpc) is 2.36. The molecule has 0 aliphatic heterocycles. The predicted molar refractivity (Wildman–Crippen MR) is 83.6 cm³/mol. The molecule has 0 aromatic heterocycles. The van der Waals surface area contributed by atoms with E-state index in [9.17, 15) is 4.79 Å². The van der Waals surface area contributed by atoms with Gasteiger partial charge in [0.2, 0.25) is 0 Å². The molecule has 20 heavy (non-hydrogen) atoms. The molecule has 0 fully saturated rings. The zero-order valence-corrected chi connectivity index (χ0v) is 13.7. The second-order valence-corrected chi connectivity index (χ2v) is 6.78. The first-order valence-electron chi connectivity index (χ1n) is 7.52. The van der Waals surface area contributed by atoms with Crippen LogP contribution in [0.25, 0.3) is 0 Å². The number of hydrogen-bond donors (Lipinski definition) is 0. The van der Waals surface area contributed by atoms with E-state index >= 15 is 0 Å². The molecule has 1 aromatic carbocycles. The number of carbonyl (C=O) groups is 1. The SMILES string of the molecule is CCC(c1ccccc1COC(=O)C(C)(C)C)C(C)C. The second-order valence-electron chi connectivity index (χ2n) is 6.78. The summed E-state index contributed by atoms with van der Waals surface area (Å²) in [6.07, 6.45) is 1.10. The van der Waals surface area contributed by atoms with Gasteiger partial charge in [0, 0.05) is 0 Å². The summed E-state index contributed by atoms with van der Waals surface area (Å²) in [6.45, 7) is 12.7. The Morgan fingerprint density at radius 1 is 1.20 bits per heavy atom. The number of carbonyl (C=O) groups excluding carboxylic acids is 1. The molecule has 0 N–H and O–H groups in total. The van der Waals surface area contributed by atoms with Gasteiger partial charge in [0.15, 0.2) is 0 Å². The van der Waals surface area contributed by atoms with Crippen molar-refractivity contribution in [2.45, 2.75) is 60.5 Å². The summed E-state index contributed by atoms with van der Waals surface area (Å²) in [5, 5.41) is 0. The van der Waals surface area contributed by atoms with Crippen molar-refractivity contribution in [2.75, 3.05) is 0 Å². The molecule has 1 atom stereocenters. The minimum absolute atomic E-state index is 0.148. The molecular weight excluding hydrogens is 248 g/mol. The molecule has 0 radical (unpaired) electrons. The second kappa shape index (κ2) is 6.92. The van der Waals surface area contributed by atoms with E-state index < -0.39 is 5.41 Å². The van der Waals surface area contributed by atoms with Gasteiger partial charge in [-0.1, -0.05) is 45.0 Å². The van der Waals surface area contributed by atoms with Crippen molar-refractivity contribution in [3.63, 3.8) is 0 Å². The van der Waals surface area contributed by atoms with Crippen LogP contribution in [-0.4, -0.2) is 5.97 Å². The maximum atomic E-state index is 11.9. The van der Waals surface area contributed by atoms with E-state index in [0.717, 1.165) is 12.0 Å². The Kier molecular flexibility index (Phi) is 5.79. The molecule has 2 heteroatoms. The van der Waals surface area contributed by atoms with Crippen molar-refractivity contribution in [2.24, 2.45) is 11.3 Å². The number of hydrogen-bond acceptors (Lipinski definition) is 2. The van der Waals surface area contributed by atoms with Crippen LogP contribution in [0.3, 0.4) is 0 Å². The molecule has 0 saturated carbocycles. The summed E-state index contributed by atoms with van der Waals surface area (Å²) in [6, 6.07) is 8.30. The van der Waals surface area contributed by atoms with Gasteiger partial charge in [0.05, 0.1) is 5.41 Å². The van der Waals surface area contributed by atoms with E-state index in [1.807, 2.05) is 26.8 Å². The molecule has 0 heterocycles. The Hall–Kier alpha value is -1.31. The van der Waals surface area contributed by atoms with Gasteiger partial charge in [-0.05, 0) is 50.2 Å². The van der Waals surface area contributed by atoms with E-state index in [1.54, 1.807) is 0 Å². The lowest BCUT2D eigenvalue weighted by Crippen LogP contribution is -2.23. The smallest absolute Gasteiger partial charge is 0.311 e. The minimum atomic E-state index is -0.447. The van der Waals surface area contributed by atoms with Crippen molar-refractivity contribution in [3.8, 4) is 0 Å². The van der Waals surface area contributed by atoms with Crippen molar-refractivity contribution in [1.82, 2.24) is 0 Å². The van der Waals surface area contributed by atoms with Gasteiger partial charge in [-0.2, -0.15) is 0 Å². The first-order chi connectivity index (χ1) is 9.27. The quantitative estimate of drug-likeness (QED) is 0.713. The lowest BCUT2D eigenvalue weighted by Gasteiger charge is -2.23. The maximum Gasteiger partial charge on any atom is 0.311 e. The zero-order valence-electron chi connectivity index (χ0n) is 13.7. The molecule has 0 aliphatic carbocycles. The maximum absolute atomic E-state index is 11.9. The number of esters is 1. The Balaban J connectivity index is 2.89. The van der Waals surface area contributed by atoms with Gasteiger partial charge in [-0.15, -0.1) is 0 Å². The molecule has 0 saturated heterocycles. The van der Waals surface area contributed by atoms with Gasteiger partial charge in [-0.25, -0.2) is 0 Å². The molecule has 1 unspecified atom stereocenters. The van der Waals surface area contributed by atoms with Crippen molar-refractivity contribution >= 4 is 5.97 Å². The summed E-state index contributed by atoms with van der Waals surface area (Å²) < 4.78 is 5.47. The normalized spacial score (nSPS) is 13.3. The number of rotatable bonds is 5. The Morgan fingerprint density at radius 3 is 2.30 bits per heavy atom. The van der Waals surface area contributed by atoms with E-state index in [4.69, 9.17) is 4.74 Å². The molecule has 112 valence electrons. The van der Waals surface area contributed by atoms with Gasteiger partial charge in [0.25, 0.3) is 0 Å². The Morgan fingerprint density at radius 2 is 1.80 bits per heavy atom. The molecule has 2 nitrogen and oxygen atoms in total. The van der Waals surface area contributed by atoms with Crippen LogP contribution in [0.4, 0.5) is 0 Å². The molecular formula is C18H28O2. The van der Waals surface area contributed by atoms with Crippen LogP contribution in [0.5, 0.6) is 0 Å². The summed E-state index contributed by atoms with van der Waals surface area (Å²) >= 11 is 0. The van der Waals surface area contributed by atoms with Gasteiger partial charge < -0.3 is 4.74 Å². The van der Waals surface area contributed by atoms with Gasteiger partial charge in [-0.3, -0.25) is 4.79 Å². The first-order valence-corrected chi connectivity index (χ1v) is 7.52. The average molecular weight is 276 g/mol. The van der Waals surface area contributed by atoms with Gasteiger partial charge >= 0.3 is 5.97 Å². The van der Waals surface area contributed by atoms with Crippen molar-refractivity contribution < 1.29 is 9.53 Å². The summed E-state index contributed by atoms with van der Waals surface area (Å²) in [7, 11) is 0. The third kappa shape index (κ3) is 4.36. The highest BCUT2D eigenvalue weighted by Gasteiger charge is 2.24. The molecule has 0 aliphatic rings. The van der Waals surface area contributed by atoms with E-state index in [-0.39, 0.29) is 5.97 Å². The van der Waals surface area contributed by atoms with E-state index in [0.29, 0.717) is 18.4 Å². The van der Waals surface area contributed by atoms with E-state index in [1.165, 1.54) is 5.56 Å². The minimum Gasteiger partial charge on any atom is -0.460 e. The third-order valence-electron chi connectivity index (χ3n) is 3.67. The topological polar surface area (TPSA) is 26.3 Å². The highest BCUT2D eigenvalue weighted by Crippen LogP contribution is 2.30. The molecule has 0 amide bonds. The predicted octanol–water partition coefficient (Wildman–Crippen LogP) is 4.93. The van der Waals surface area contributed by atoms with Crippen LogP contribution in [0.1, 0.15) is 65.0 Å². The fourth-order valence-electron chi connectivity index (χ4n) is 2.44. The van der Waals surface area contributed by atoms with Crippen molar-refractivity contribution in [1.29, 1.82) is 0 Å². The zero-order chi connectivity index (χ0) is 15.3. The molecule has 1 aromatic rings. The largest absolute Gasteiger partial charge is 0.460 e. The van der Waals surface area contributed by atoms with Crippen LogP contribution in [0, 0.1) is 11.3 Å². The molecule has 1 rings (SSSR count). The Labute approximate surface area is 123 Å². The number of benzene rings is 1. The van der Waals surface area contributed by atoms with Crippen LogP contribution in [-0.2, 0) is 16.1 Å². The highest BCUT2D eigenvalue weighted by atomic mass is 16.5. The van der Waals surface area contributed by atoms with Crippen LogP contribution < -0.4 is 0 Å². The van der Waals surface area contributed by atoms with Crippen LogP contribution in [0.2, 0.25) is 0 Å². The van der Waals surface area contributed by atoms with Crippen molar-refractivity contribution in [3.05, 3.63) is 35.4 Å².